The van der Waals surface area contributed by atoms with Crippen LogP contribution in [0.1, 0.15) is 122 Å². The lowest BCUT2D eigenvalue weighted by molar-refractivity contribution is 0.414. The van der Waals surface area contributed by atoms with E-state index < -0.39 is 19.5 Å². The fourth-order valence-corrected chi connectivity index (χ4v) is 13.4. The largest absolute Gasteiger partial charge is 0.497 e. The van der Waals surface area contributed by atoms with E-state index in [1.54, 1.807) is 7.11 Å². The topological polar surface area (TPSA) is 9.23 Å². The minimum absolute atomic E-state index is 0. The summed E-state index contributed by atoms with van der Waals surface area (Å²) in [5.74, 6) is 0.826. The number of hydrogen-bond donors (Lipinski definition) is 0. The Morgan fingerprint density at radius 2 is 0.448 bits per heavy atom. The van der Waals surface area contributed by atoms with Gasteiger partial charge >= 0.3 is 0 Å². The van der Waals surface area contributed by atoms with Gasteiger partial charge in [0.15, 0.2) is 0 Å². The van der Waals surface area contributed by atoms with E-state index in [4.69, 9.17) is 62.7 Å². The maximum Gasteiger partial charge on any atom is 0.121 e. The van der Waals surface area contributed by atoms with Crippen LogP contribution in [-0.2, 0) is 45.2 Å². The van der Waals surface area contributed by atoms with Gasteiger partial charge in [0.1, 0.15) is 25.2 Å². The van der Waals surface area contributed by atoms with Crippen LogP contribution >= 0.6 is 97.6 Å². The van der Waals surface area contributed by atoms with Gasteiger partial charge in [0.05, 0.1) is 7.11 Å². The van der Waals surface area contributed by atoms with E-state index in [9.17, 15) is 0 Å². The highest BCUT2D eigenvalue weighted by Crippen LogP contribution is 2.48. The number of ether oxygens (including phenoxy) is 1. The molecule has 0 amide bonds. The van der Waals surface area contributed by atoms with Crippen LogP contribution in [0.4, 0.5) is 0 Å². The molecule has 0 aliphatic rings. The maximum absolute atomic E-state index is 7.27. The smallest absolute Gasteiger partial charge is 0.121 e. The molecular weight excluding hydrogens is 1350 g/mol. The summed E-state index contributed by atoms with van der Waals surface area (Å²) in [6.45, 7) is 10.7. The molecule has 0 saturated carbocycles. The van der Waals surface area contributed by atoms with Crippen LogP contribution in [0.5, 0.6) is 5.75 Å². The van der Waals surface area contributed by atoms with Crippen LogP contribution in [0.25, 0.3) is 0 Å². The van der Waals surface area contributed by atoms with Crippen molar-refractivity contribution < 1.29 is 4.74 Å². The zero-order chi connectivity index (χ0) is 65.0. The molecule has 1 nitrogen and oxygen atoms in total. The van der Waals surface area contributed by atoms with Crippen molar-refractivity contribution in [1.29, 1.82) is 0 Å². The van der Waals surface area contributed by atoms with Crippen molar-refractivity contribution >= 4 is 97.6 Å². The second kappa shape index (κ2) is 38.7. The summed E-state index contributed by atoms with van der Waals surface area (Å²) in [5, 5.41) is 0.672. The first-order valence-electron chi connectivity index (χ1n) is 31.6. The molecule has 0 spiro atoms. The highest BCUT2D eigenvalue weighted by Gasteiger charge is 2.38. The van der Waals surface area contributed by atoms with E-state index in [-0.39, 0.29) is 39.6 Å². The average molecular weight is 1440 g/mol. The van der Waals surface area contributed by atoms with Gasteiger partial charge in [-0.3, -0.25) is 0 Å². The minimum atomic E-state index is -0.800. The van der Waals surface area contributed by atoms with Crippen LogP contribution in [0.2, 0.25) is 5.02 Å². The fourth-order valence-electron chi connectivity index (χ4n) is 11.5. The molecule has 0 aliphatic carbocycles. The van der Waals surface area contributed by atoms with E-state index in [1.807, 2.05) is 152 Å². The average Bonchev–Trinajstić information content (AvgIpc) is 0.796. The third-order valence-electron chi connectivity index (χ3n) is 17.1. The number of aryl methyl sites for hydroxylation is 5. The molecule has 496 valence electrons. The SMILES string of the molecule is CCc1ccc(C(Cl)(c2ccccc2)c2ccc(C)cc2)cc1.CCc1ccc(C(Cl)(c2ccccc2)c2ccc(OC)cc2)cc1.CCc1ccc(C(Cl)(c2ccccc2)c2ccccc2)cc1.CCc1ccc(C(Cl)(c2ccccc2)c2ccccc2Cl)cc1.P.P.P.P. The third-order valence-corrected chi connectivity index (χ3v) is 20.0. The zero-order valence-corrected chi connectivity index (χ0v) is 65.5. The first kappa shape index (κ1) is 80.3. The van der Waals surface area contributed by atoms with Gasteiger partial charge in [0.2, 0.25) is 0 Å². The standard InChI is InChI=1S/C22H21ClO.C22H21Cl.C21H18Cl2.C21H19Cl.4H3P/c1-3-17-9-11-19(12-10-17)22(23,18-7-5-4-6-8-18)20-13-15-21(24-2)16-14-20;1-3-18-11-15-21(16-12-18)22(23,19-7-5-4-6-8-19)20-13-9-17(2)10-14-20;1-2-16-12-14-18(15-13-16)21(23,17-8-4-3-5-9-17)19-10-6-7-11-20(19)22;1-2-17-13-15-20(16-14-17)21(22,18-9-5-3-6-10-18)19-11-7-4-8-12-19;;;;/h4-16H,3H2,1-2H3;4-16H,3H2,1-2H3;3-15H,2H2,1H3;3-16H,2H2,1H3;4*1H3. The molecular formula is C86H91Cl5OP4. The third kappa shape index (κ3) is 18.9. The number of methoxy groups -OCH3 is 1. The summed E-state index contributed by atoms with van der Waals surface area (Å²) in [4.78, 5) is -2.85. The van der Waals surface area contributed by atoms with E-state index in [0.29, 0.717) is 5.02 Å². The van der Waals surface area contributed by atoms with Crippen molar-refractivity contribution in [3.63, 3.8) is 0 Å². The molecule has 0 aliphatic heterocycles. The van der Waals surface area contributed by atoms with Crippen LogP contribution in [0.3, 0.4) is 0 Å². The van der Waals surface area contributed by atoms with Crippen LogP contribution in [-0.4, -0.2) is 7.11 Å². The highest BCUT2D eigenvalue weighted by atomic mass is 35.5. The zero-order valence-electron chi connectivity index (χ0n) is 56.1. The summed E-state index contributed by atoms with van der Waals surface area (Å²) in [5.41, 5.74) is 19.1. The molecule has 12 aromatic rings. The van der Waals surface area contributed by atoms with Crippen LogP contribution in [0.15, 0.2) is 322 Å². The molecule has 0 bridgehead atoms. The molecule has 96 heavy (non-hydrogen) atoms. The maximum atomic E-state index is 7.27. The van der Waals surface area contributed by atoms with Crippen molar-refractivity contribution in [2.24, 2.45) is 0 Å². The molecule has 0 heterocycles. The Balaban J connectivity index is 0.000000228. The predicted octanol–water partition coefficient (Wildman–Crippen LogP) is 24.3. The summed E-state index contributed by atoms with van der Waals surface area (Å²) >= 11 is 35.5. The van der Waals surface area contributed by atoms with E-state index in [0.717, 1.165) is 98.2 Å². The number of alkyl halides is 4. The van der Waals surface area contributed by atoms with Crippen molar-refractivity contribution in [2.75, 3.05) is 7.11 Å². The lowest BCUT2D eigenvalue weighted by atomic mass is 9.83. The van der Waals surface area contributed by atoms with Gasteiger partial charge in [0.25, 0.3) is 0 Å². The number of benzene rings is 12. The Kier molecular flexibility index (Phi) is 32.3. The van der Waals surface area contributed by atoms with Crippen molar-refractivity contribution in [3.05, 3.63) is 421 Å². The first-order valence-corrected chi connectivity index (χ1v) is 33.5. The van der Waals surface area contributed by atoms with Crippen molar-refractivity contribution in [1.82, 2.24) is 0 Å². The van der Waals surface area contributed by atoms with Gasteiger partial charge in [0, 0.05) is 10.6 Å². The monoisotopic (exact) mass is 1440 g/mol. The van der Waals surface area contributed by atoms with Gasteiger partial charge in [-0.25, -0.2) is 0 Å². The minimum Gasteiger partial charge on any atom is -0.497 e. The Labute approximate surface area is 611 Å². The highest BCUT2D eigenvalue weighted by molar-refractivity contribution is 6.92. The summed E-state index contributed by atoms with van der Waals surface area (Å²) < 4.78 is 5.28. The van der Waals surface area contributed by atoms with Crippen LogP contribution < -0.4 is 4.74 Å². The molecule has 7 atom stereocenters. The lowest BCUT2D eigenvalue weighted by Gasteiger charge is -2.30. The first-order chi connectivity index (χ1) is 44.7. The van der Waals surface area contributed by atoms with Crippen molar-refractivity contribution in [2.45, 2.75) is 79.8 Å². The van der Waals surface area contributed by atoms with E-state index >= 15 is 0 Å². The Hall–Kier alpha value is -6.39. The normalized spacial score (nSPS) is 12.4. The van der Waals surface area contributed by atoms with E-state index in [1.165, 1.54) is 27.8 Å². The second-order valence-corrected chi connectivity index (χ2v) is 25.4. The molecule has 0 aromatic heterocycles. The molecule has 0 N–H and O–H groups in total. The van der Waals surface area contributed by atoms with Gasteiger partial charge in [-0.2, -0.15) is 39.6 Å². The van der Waals surface area contributed by atoms with Gasteiger partial charge in [-0.1, -0.05) is 348 Å². The number of rotatable bonds is 17. The predicted molar refractivity (Wildman–Crippen MR) is 438 cm³/mol. The Morgan fingerprint density at radius 1 is 0.250 bits per heavy atom. The van der Waals surface area contributed by atoms with E-state index in [2.05, 4.69) is 204 Å². The molecule has 12 rings (SSSR count). The Morgan fingerprint density at radius 3 is 0.688 bits per heavy atom. The summed E-state index contributed by atoms with van der Waals surface area (Å²) in [7, 11) is 1.67. The number of halogens is 5. The quantitative estimate of drug-likeness (QED) is 0.0502. The molecule has 0 fully saturated rings. The summed E-state index contributed by atoms with van der Waals surface area (Å²) in [6.07, 6.45) is 4.09. The molecule has 10 heteroatoms. The van der Waals surface area contributed by atoms with Gasteiger partial charge in [-0.15, -0.1) is 46.4 Å². The molecule has 0 saturated heterocycles. The number of hydrogen-bond acceptors (Lipinski definition) is 1. The van der Waals surface area contributed by atoms with Crippen molar-refractivity contribution in [3.8, 4) is 5.75 Å². The van der Waals surface area contributed by atoms with Gasteiger partial charge < -0.3 is 4.74 Å². The Bertz CT molecular complexity index is 4070. The lowest BCUT2D eigenvalue weighted by Crippen LogP contribution is -2.22. The summed E-state index contributed by atoms with van der Waals surface area (Å²) in [6, 6.07) is 110. The molecule has 12 aromatic carbocycles. The second-order valence-electron chi connectivity index (χ2n) is 22.7. The van der Waals surface area contributed by atoms with Gasteiger partial charge in [-0.05, 0) is 134 Å². The van der Waals surface area contributed by atoms with Crippen LogP contribution in [0, 0.1) is 6.92 Å². The molecule has 0 radical (unpaired) electrons. The molecule has 7 unspecified atom stereocenters. The fraction of sp³-hybridized carbons (Fsp3) is 0.163.